The van der Waals surface area contributed by atoms with Gasteiger partial charge in [0.15, 0.2) is 6.29 Å². The highest BCUT2D eigenvalue weighted by molar-refractivity contribution is 4.93. The third kappa shape index (κ3) is 5.32. The molecule has 0 bridgehead atoms. The first-order valence-corrected chi connectivity index (χ1v) is 10.2. The average molecular weight is 321 g/mol. The maximum atomic E-state index is 5.49. The molecule has 23 heavy (non-hydrogen) atoms. The smallest absolute Gasteiger partial charge is 0.161 e. The van der Waals surface area contributed by atoms with Gasteiger partial charge >= 0.3 is 0 Å². The van der Waals surface area contributed by atoms with Gasteiger partial charge in [0, 0.05) is 6.42 Å². The van der Waals surface area contributed by atoms with Crippen LogP contribution in [-0.2, 0) is 9.47 Å². The second-order valence-electron chi connectivity index (χ2n) is 8.08. The van der Waals surface area contributed by atoms with Crippen LogP contribution in [0.3, 0.4) is 0 Å². The first-order chi connectivity index (χ1) is 11.3. The molecule has 1 aliphatic heterocycles. The lowest BCUT2D eigenvalue weighted by atomic mass is 9.68. The molecular weight excluding hydrogens is 284 g/mol. The van der Waals surface area contributed by atoms with E-state index < -0.39 is 0 Å². The van der Waals surface area contributed by atoms with Gasteiger partial charge in [0.25, 0.3) is 0 Å². The molecule has 0 amide bonds. The zero-order valence-corrected chi connectivity index (χ0v) is 15.1. The summed E-state index contributed by atoms with van der Waals surface area (Å²) in [5.74, 6) is 3.94. The lowest BCUT2D eigenvalue weighted by Crippen LogP contribution is -2.25. The zero-order valence-electron chi connectivity index (χ0n) is 15.1. The fourth-order valence-electron chi connectivity index (χ4n) is 5.09. The Bertz CT molecular complexity index is 343. The highest BCUT2D eigenvalue weighted by atomic mass is 16.7. The number of allylic oxidation sites excluding steroid dienone is 1. The molecule has 3 aliphatic rings. The van der Waals surface area contributed by atoms with Gasteiger partial charge in [-0.05, 0) is 62.2 Å². The van der Waals surface area contributed by atoms with E-state index in [1.807, 2.05) is 0 Å². The van der Waals surface area contributed by atoms with Crippen molar-refractivity contribution in [2.45, 2.75) is 83.8 Å². The molecule has 0 aromatic carbocycles. The van der Waals surface area contributed by atoms with Gasteiger partial charge in [-0.3, -0.25) is 0 Å². The van der Waals surface area contributed by atoms with Crippen molar-refractivity contribution < 1.29 is 9.47 Å². The third-order valence-corrected chi connectivity index (χ3v) is 6.50. The lowest BCUT2D eigenvalue weighted by molar-refractivity contribution is -0.0381. The second kappa shape index (κ2) is 9.22. The van der Waals surface area contributed by atoms with Crippen molar-refractivity contribution >= 4 is 0 Å². The predicted octanol–water partition coefficient (Wildman–Crippen LogP) is 5.72. The maximum absolute atomic E-state index is 5.49. The normalized spacial score (nSPS) is 36.7. The second-order valence-corrected chi connectivity index (χ2v) is 8.08. The molecule has 2 nitrogen and oxygen atoms in total. The Labute approximate surface area is 143 Å². The molecule has 0 aromatic heterocycles. The first-order valence-electron chi connectivity index (χ1n) is 10.2. The molecule has 3 fully saturated rings. The fraction of sp³-hybridized carbons (Fsp3) is 0.905. The molecule has 1 saturated heterocycles. The first kappa shape index (κ1) is 17.5. The summed E-state index contributed by atoms with van der Waals surface area (Å²) in [7, 11) is 0. The van der Waals surface area contributed by atoms with E-state index in [1.54, 1.807) is 0 Å². The molecule has 132 valence electrons. The number of ether oxygens (including phenoxy) is 2. The molecule has 0 N–H and O–H groups in total. The molecule has 0 spiro atoms. The van der Waals surface area contributed by atoms with Crippen molar-refractivity contribution in [2.75, 3.05) is 13.2 Å². The molecule has 0 atom stereocenters. The summed E-state index contributed by atoms with van der Waals surface area (Å²) in [6.07, 6.45) is 20.4. The molecule has 0 radical (unpaired) electrons. The van der Waals surface area contributed by atoms with Crippen LogP contribution in [0.15, 0.2) is 12.2 Å². The Kier molecular flexibility index (Phi) is 7.01. The van der Waals surface area contributed by atoms with E-state index in [9.17, 15) is 0 Å². The largest absolute Gasteiger partial charge is 0.350 e. The monoisotopic (exact) mass is 320 g/mol. The van der Waals surface area contributed by atoms with Gasteiger partial charge < -0.3 is 9.47 Å². The van der Waals surface area contributed by atoms with Crippen LogP contribution in [0, 0.1) is 23.7 Å². The summed E-state index contributed by atoms with van der Waals surface area (Å²) in [6.45, 7) is 3.88. The Balaban J connectivity index is 1.33. The van der Waals surface area contributed by atoms with E-state index in [0.29, 0.717) is 0 Å². The van der Waals surface area contributed by atoms with E-state index >= 15 is 0 Å². The Morgan fingerprint density at radius 3 is 2.04 bits per heavy atom. The molecule has 2 heteroatoms. The molecule has 0 unspecified atom stereocenters. The van der Waals surface area contributed by atoms with Crippen molar-refractivity contribution in [3.63, 3.8) is 0 Å². The van der Waals surface area contributed by atoms with Gasteiger partial charge in [-0.15, -0.1) is 0 Å². The van der Waals surface area contributed by atoms with Gasteiger partial charge in [0.1, 0.15) is 0 Å². The van der Waals surface area contributed by atoms with E-state index in [0.717, 1.165) is 43.3 Å². The molecular formula is C21H36O2. The van der Waals surface area contributed by atoms with E-state index in [-0.39, 0.29) is 6.29 Å². The minimum atomic E-state index is 0.0286. The third-order valence-electron chi connectivity index (χ3n) is 6.50. The highest BCUT2D eigenvalue weighted by Crippen LogP contribution is 2.42. The zero-order chi connectivity index (χ0) is 15.9. The molecule has 1 heterocycles. The summed E-state index contributed by atoms with van der Waals surface area (Å²) in [5.41, 5.74) is 0. The summed E-state index contributed by atoms with van der Waals surface area (Å²) >= 11 is 0. The van der Waals surface area contributed by atoms with Crippen LogP contribution >= 0.6 is 0 Å². The Morgan fingerprint density at radius 1 is 0.826 bits per heavy atom. The molecule has 2 saturated carbocycles. The lowest BCUT2D eigenvalue weighted by Gasteiger charge is -2.37. The number of rotatable bonds is 6. The quantitative estimate of drug-likeness (QED) is 0.583. The Morgan fingerprint density at radius 2 is 1.43 bits per heavy atom. The summed E-state index contributed by atoms with van der Waals surface area (Å²) < 4.78 is 11.0. The number of hydrogen-bond donors (Lipinski definition) is 0. The van der Waals surface area contributed by atoms with E-state index in [1.165, 1.54) is 64.2 Å². The van der Waals surface area contributed by atoms with Gasteiger partial charge in [-0.1, -0.05) is 44.8 Å². The number of hydrogen-bond acceptors (Lipinski definition) is 2. The van der Waals surface area contributed by atoms with Gasteiger partial charge in [-0.25, -0.2) is 0 Å². The minimum absolute atomic E-state index is 0.0286. The Hall–Kier alpha value is -0.340. The van der Waals surface area contributed by atoms with Crippen molar-refractivity contribution in [1.29, 1.82) is 0 Å². The van der Waals surface area contributed by atoms with Crippen molar-refractivity contribution in [2.24, 2.45) is 23.7 Å². The molecule has 3 rings (SSSR count). The van der Waals surface area contributed by atoms with Crippen molar-refractivity contribution in [3.05, 3.63) is 12.2 Å². The molecule has 2 aliphatic carbocycles. The summed E-state index contributed by atoms with van der Waals surface area (Å²) in [5, 5.41) is 0. The maximum Gasteiger partial charge on any atom is 0.161 e. The summed E-state index contributed by atoms with van der Waals surface area (Å²) in [4.78, 5) is 0. The topological polar surface area (TPSA) is 18.5 Å². The fourth-order valence-corrected chi connectivity index (χ4v) is 5.09. The standard InChI is InChI=1S/C21H36O2/c1-2-4-17-7-11-19(12-8-17)20-13-9-18(10-14-20)5-3-6-21-22-15-16-23-21/h3,5,17-21H,2,4,6-16H2,1H3. The van der Waals surface area contributed by atoms with Crippen LogP contribution in [0.4, 0.5) is 0 Å². The van der Waals surface area contributed by atoms with Crippen LogP contribution in [0.1, 0.15) is 77.6 Å². The van der Waals surface area contributed by atoms with Crippen LogP contribution in [0.2, 0.25) is 0 Å². The van der Waals surface area contributed by atoms with E-state index in [4.69, 9.17) is 9.47 Å². The van der Waals surface area contributed by atoms with Crippen LogP contribution in [-0.4, -0.2) is 19.5 Å². The predicted molar refractivity (Wildman–Crippen MR) is 95.3 cm³/mol. The molecule has 0 aromatic rings. The summed E-state index contributed by atoms with van der Waals surface area (Å²) in [6, 6.07) is 0. The average Bonchev–Trinajstić information content (AvgIpc) is 3.10. The highest BCUT2D eigenvalue weighted by Gasteiger charge is 2.30. The van der Waals surface area contributed by atoms with Crippen molar-refractivity contribution in [3.8, 4) is 0 Å². The SMILES string of the molecule is CCCC1CCC(C2CCC(C=CCC3OCCO3)CC2)CC1. The minimum Gasteiger partial charge on any atom is -0.350 e. The van der Waals surface area contributed by atoms with Crippen LogP contribution in [0.25, 0.3) is 0 Å². The van der Waals surface area contributed by atoms with Crippen LogP contribution < -0.4 is 0 Å². The van der Waals surface area contributed by atoms with Gasteiger partial charge in [0.05, 0.1) is 13.2 Å². The van der Waals surface area contributed by atoms with E-state index in [2.05, 4.69) is 19.1 Å². The van der Waals surface area contributed by atoms with Crippen LogP contribution in [0.5, 0.6) is 0 Å². The van der Waals surface area contributed by atoms with Gasteiger partial charge in [0.2, 0.25) is 0 Å². The van der Waals surface area contributed by atoms with Crippen molar-refractivity contribution in [1.82, 2.24) is 0 Å². The van der Waals surface area contributed by atoms with Gasteiger partial charge in [-0.2, -0.15) is 0 Å².